The van der Waals surface area contributed by atoms with Gasteiger partial charge in [-0.3, -0.25) is 4.79 Å². The predicted octanol–water partition coefficient (Wildman–Crippen LogP) is 2.18. The number of carbonyl (C=O) groups is 2. The number of ether oxygens (including phenoxy) is 1. The minimum absolute atomic E-state index is 0.108. The number of amides is 1. The smallest absolute Gasteiger partial charge is 0.461 e. The molecule has 1 amide bonds. The Labute approximate surface area is 104 Å². The Kier molecular flexibility index (Phi) is 6.72. The van der Waals surface area contributed by atoms with E-state index in [1.807, 2.05) is 0 Å². The molecule has 0 saturated heterocycles. The van der Waals surface area contributed by atoms with Gasteiger partial charge in [-0.15, -0.1) is 0 Å². The van der Waals surface area contributed by atoms with Crippen molar-refractivity contribution in [3.63, 3.8) is 0 Å². The lowest BCUT2D eigenvalue weighted by Crippen LogP contribution is -2.47. The molecule has 1 unspecified atom stereocenters. The highest BCUT2D eigenvalue weighted by molar-refractivity contribution is 5.87. The summed E-state index contributed by atoms with van der Waals surface area (Å²) >= 11 is 0. The number of hydrogen-bond acceptors (Lipinski definition) is 3. The largest absolute Gasteiger partial charge is 0.471 e. The van der Waals surface area contributed by atoms with Gasteiger partial charge in [0.25, 0.3) is 0 Å². The predicted molar refractivity (Wildman–Crippen MR) is 58.7 cm³/mol. The summed E-state index contributed by atoms with van der Waals surface area (Å²) < 4.78 is 41.1. The number of halogens is 3. The lowest BCUT2D eigenvalue weighted by Gasteiger charge is -2.20. The van der Waals surface area contributed by atoms with Crippen LogP contribution in [-0.2, 0) is 14.3 Å². The van der Waals surface area contributed by atoms with E-state index in [-0.39, 0.29) is 12.5 Å². The third kappa shape index (κ3) is 5.88. The molecule has 0 radical (unpaired) electrons. The van der Waals surface area contributed by atoms with Gasteiger partial charge in [-0.2, -0.15) is 13.2 Å². The fraction of sp³-hybridized carbons (Fsp3) is 0.818. The minimum atomic E-state index is -5.00. The van der Waals surface area contributed by atoms with E-state index in [2.05, 4.69) is 0 Å². The highest BCUT2D eigenvalue weighted by atomic mass is 19.4. The molecule has 106 valence electrons. The molecule has 0 bridgehead atoms. The first-order chi connectivity index (χ1) is 8.22. The third-order valence-electron chi connectivity index (χ3n) is 2.32. The van der Waals surface area contributed by atoms with E-state index in [0.717, 1.165) is 0 Å². The second kappa shape index (κ2) is 7.23. The number of alkyl halides is 3. The number of rotatable bonds is 6. The van der Waals surface area contributed by atoms with Crippen molar-refractivity contribution in [3.05, 3.63) is 0 Å². The Morgan fingerprint density at radius 1 is 1.28 bits per heavy atom. The molecule has 0 aliphatic heterocycles. The van der Waals surface area contributed by atoms with Crippen LogP contribution in [0.3, 0.4) is 0 Å². The average Bonchev–Trinajstić information content (AvgIpc) is 2.26. The molecule has 0 spiro atoms. The minimum Gasteiger partial charge on any atom is -0.461 e. The summed E-state index contributed by atoms with van der Waals surface area (Å²) in [5, 5.41) is 1.65. The highest BCUT2D eigenvalue weighted by Crippen LogP contribution is 2.15. The van der Waals surface area contributed by atoms with Gasteiger partial charge in [-0.1, -0.05) is 20.3 Å². The van der Waals surface area contributed by atoms with E-state index in [9.17, 15) is 22.8 Å². The monoisotopic (exact) mass is 269 g/mol. The molecule has 2 atom stereocenters. The van der Waals surface area contributed by atoms with E-state index in [4.69, 9.17) is 4.74 Å². The Morgan fingerprint density at radius 2 is 1.83 bits per heavy atom. The Bertz CT molecular complexity index is 292. The fourth-order valence-corrected chi connectivity index (χ4v) is 1.14. The number of carbonyl (C=O) groups excluding carboxylic acids is 2. The molecule has 0 aliphatic rings. The third-order valence-corrected chi connectivity index (χ3v) is 2.32. The van der Waals surface area contributed by atoms with E-state index in [1.54, 1.807) is 26.1 Å². The summed E-state index contributed by atoms with van der Waals surface area (Å²) in [7, 11) is 0. The maximum absolute atomic E-state index is 12.1. The first-order valence-electron chi connectivity index (χ1n) is 5.80. The molecule has 0 fully saturated rings. The van der Waals surface area contributed by atoms with Crippen LogP contribution in [0.5, 0.6) is 0 Å². The van der Waals surface area contributed by atoms with Crippen LogP contribution in [0.25, 0.3) is 0 Å². The molecule has 4 nitrogen and oxygen atoms in total. The van der Waals surface area contributed by atoms with Crippen LogP contribution < -0.4 is 5.32 Å². The van der Waals surface area contributed by atoms with Crippen molar-refractivity contribution in [1.29, 1.82) is 0 Å². The van der Waals surface area contributed by atoms with Gasteiger partial charge in [0.05, 0.1) is 6.10 Å². The van der Waals surface area contributed by atoms with Gasteiger partial charge in [0, 0.05) is 0 Å². The number of esters is 1. The summed E-state index contributed by atoms with van der Waals surface area (Å²) in [5.74, 6) is -2.95. The summed E-state index contributed by atoms with van der Waals surface area (Å²) in [6.07, 6.45) is -4.27. The van der Waals surface area contributed by atoms with E-state index in [1.165, 1.54) is 0 Å². The van der Waals surface area contributed by atoms with Crippen LogP contribution >= 0.6 is 0 Å². The molecular formula is C11H18F3NO3. The molecule has 7 heteroatoms. The molecule has 0 aliphatic carbocycles. The van der Waals surface area contributed by atoms with Crippen molar-refractivity contribution < 1.29 is 27.5 Å². The Hall–Kier alpha value is -1.27. The van der Waals surface area contributed by atoms with Gasteiger partial charge >= 0.3 is 18.1 Å². The van der Waals surface area contributed by atoms with E-state index < -0.39 is 24.1 Å². The van der Waals surface area contributed by atoms with Gasteiger partial charge in [-0.25, -0.2) is 4.79 Å². The quantitative estimate of drug-likeness (QED) is 0.752. The van der Waals surface area contributed by atoms with Crippen molar-refractivity contribution in [2.24, 2.45) is 0 Å². The molecule has 0 aromatic heterocycles. The molecular weight excluding hydrogens is 251 g/mol. The first kappa shape index (κ1) is 16.7. The lowest BCUT2D eigenvalue weighted by atomic mass is 10.1. The maximum atomic E-state index is 12.1. The van der Waals surface area contributed by atoms with Crippen LogP contribution in [0.1, 0.15) is 40.0 Å². The topological polar surface area (TPSA) is 55.4 Å². The molecule has 1 N–H and O–H groups in total. The molecule has 0 aromatic carbocycles. The average molecular weight is 269 g/mol. The number of nitrogens with one attached hydrogen (secondary N) is 1. The summed E-state index contributed by atoms with van der Waals surface area (Å²) in [6, 6.07) is -1.25. The zero-order valence-electron chi connectivity index (χ0n) is 10.6. The van der Waals surface area contributed by atoms with E-state index in [0.29, 0.717) is 12.8 Å². The second-order valence-corrected chi connectivity index (χ2v) is 3.97. The van der Waals surface area contributed by atoms with Gasteiger partial charge < -0.3 is 10.1 Å². The molecule has 0 saturated carbocycles. The van der Waals surface area contributed by atoms with Crippen LogP contribution in [-0.4, -0.2) is 30.2 Å². The highest BCUT2D eigenvalue weighted by Gasteiger charge is 2.41. The zero-order valence-corrected chi connectivity index (χ0v) is 10.6. The van der Waals surface area contributed by atoms with Gasteiger partial charge in [0.2, 0.25) is 0 Å². The first-order valence-corrected chi connectivity index (χ1v) is 5.80. The SMILES string of the molecule is CCC[C@@H](NC(=O)C(F)(F)F)C(=O)OC(C)CC. The Balaban J connectivity index is 4.56. The van der Waals surface area contributed by atoms with Crippen LogP contribution in [0.2, 0.25) is 0 Å². The zero-order chi connectivity index (χ0) is 14.3. The van der Waals surface area contributed by atoms with Crippen molar-refractivity contribution in [2.45, 2.75) is 58.4 Å². The van der Waals surface area contributed by atoms with Crippen molar-refractivity contribution in [1.82, 2.24) is 5.32 Å². The van der Waals surface area contributed by atoms with Gasteiger partial charge in [0.1, 0.15) is 6.04 Å². The van der Waals surface area contributed by atoms with Crippen LogP contribution in [0, 0.1) is 0 Å². The Morgan fingerprint density at radius 3 is 2.22 bits per heavy atom. The number of hydrogen-bond donors (Lipinski definition) is 1. The molecule has 0 rings (SSSR count). The van der Waals surface area contributed by atoms with E-state index >= 15 is 0 Å². The fourth-order valence-electron chi connectivity index (χ4n) is 1.14. The maximum Gasteiger partial charge on any atom is 0.471 e. The molecule has 0 heterocycles. The molecule has 0 aromatic rings. The van der Waals surface area contributed by atoms with Crippen molar-refractivity contribution in [3.8, 4) is 0 Å². The molecule has 18 heavy (non-hydrogen) atoms. The summed E-state index contributed by atoms with van der Waals surface area (Å²) in [4.78, 5) is 22.3. The van der Waals surface area contributed by atoms with Crippen LogP contribution in [0.15, 0.2) is 0 Å². The van der Waals surface area contributed by atoms with Crippen molar-refractivity contribution >= 4 is 11.9 Å². The normalized spacial score (nSPS) is 14.8. The van der Waals surface area contributed by atoms with Crippen LogP contribution in [0.4, 0.5) is 13.2 Å². The summed E-state index contributed by atoms with van der Waals surface area (Å²) in [6.45, 7) is 5.11. The standard InChI is InChI=1S/C11H18F3NO3/c1-4-6-8(9(16)18-7(3)5-2)15-10(17)11(12,13)14/h7-8H,4-6H2,1-3H3,(H,15,17)/t7?,8-/m1/s1. The second-order valence-electron chi connectivity index (χ2n) is 3.97. The van der Waals surface area contributed by atoms with Gasteiger partial charge in [-0.05, 0) is 19.8 Å². The van der Waals surface area contributed by atoms with Crippen molar-refractivity contribution in [2.75, 3.05) is 0 Å². The van der Waals surface area contributed by atoms with Gasteiger partial charge in [0.15, 0.2) is 0 Å². The summed E-state index contributed by atoms with van der Waals surface area (Å²) in [5.41, 5.74) is 0. The lowest BCUT2D eigenvalue weighted by molar-refractivity contribution is -0.176.